The molecule has 3 aliphatic carbocycles. The molecule has 0 radical (unpaired) electrons. The van der Waals surface area contributed by atoms with Gasteiger partial charge in [0.2, 0.25) is 0 Å². The van der Waals surface area contributed by atoms with Crippen LogP contribution < -0.4 is 5.73 Å². The van der Waals surface area contributed by atoms with E-state index in [2.05, 4.69) is 0 Å². The molecule has 15 heavy (non-hydrogen) atoms. The number of halogens is 1. The van der Waals surface area contributed by atoms with Crippen molar-refractivity contribution in [3.63, 3.8) is 0 Å². The predicted molar refractivity (Wildman–Crippen MR) is 66.2 cm³/mol. The topological polar surface area (TPSA) is 26.0 Å². The molecule has 0 heterocycles. The summed E-state index contributed by atoms with van der Waals surface area (Å²) >= 11 is 0. The van der Waals surface area contributed by atoms with Crippen molar-refractivity contribution >= 4 is 12.4 Å². The van der Waals surface area contributed by atoms with E-state index < -0.39 is 0 Å². The number of hydrogen-bond donors (Lipinski definition) is 1. The SMILES string of the molecule is Cl.N[C@@H]1C2CCC[C@@H]1C1=C(CCCC1)C2. The van der Waals surface area contributed by atoms with Gasteiger partial charge in [-0.05, 0) is 56.8 Å². The molecule has 2 N–H and O–H groups in total. The Balaban J connectivity index is 0.000000853. The minimum Gasteiger partial charge on any atom is -0.327 e. The third-order valence-corrected chi connectivity index (χ3v) is 4.68. The maximum absolute atomic E-state index is 6.36. The highest BCUT2D eigenvalue weighted by atomic mass is 35.5. The van der Waals surface area contributed by atoms with Gasteiger partial charge in [-0.3, -0.25) is 0 Å². The molecule has 1 nitrogen and oxygen atoms in total. The standard InChI is InChI=1S/C13H21N.ClH/c14-13-10-5-3-7-12(13)11-6-2-1-4-9(11)8-10;/h10,12-13H,1-8,14H2;1H/t10?,12-,13-;/m1./s1. The highest BCUT2D eigenvalue weighted by molar-refractivity contribution is 5.85. The Morgan fingerprint density at radius 1 is 1.00 bits per heavy atom. The van der Waals surface area contributed by atoms with Crippen molar-refractivity contribution in [2.75, 3.05) is 0 Å². The minimum atomic E-state index is 0. The molecule has 1 unspecified atom stereocenters. The summed E-state index contributed by atoms with van der Waals surface area (Å²) in [4.78, 5) is 0. The summed E-state index contributed by atoms with van der Waals surface area (Å²) in [6, 6.07) is 0.514. The van der Waals surface area contributed by atoms with E-state index >= 15 is 0 Å². The van der Waals surface area contributed by atoms with Crippen LogP contribution in [0.4, 0.5) is 0 Å². The van der Waals surface area contributed by atoms with Crippen molar-refractivity contribution in [1.29, 1.82) is 0 Å². The summed E-state index contributed by atoms with van der Waals surface area (Å²) in [6.07, 6.45) is 11.2. The molecule has 86 valence electrons. The molecule has 1 fully saturated rings. The van der Waals surface area contributed by atoms with Crippen LogP contribution in [0.2, 0.25) is 0 Å². The predicted octanol–water partition coefficient (Wildman–Crippen LogP) is 3.43. The first-order chi connectivity index (χ1) is 6.86. The largest absolute Gasteiger partial charge is 0.327 e. The second-order valence-corrected chi connectivity index (χ2v) is 5.41. The van der Waals surface area contributed by atoms with E-state index in [-0.39, 0.29) is 12.4 Å². The first-order valence-corrected chi connectivity index (χ1v) is 6.32. The lowest BCUT2D eigenvalue weighted by Crippen LogP contribution is -2.45. The summed E-state index contributed by atoms with van der Waals surface area (Å²) in [5, 5.41) is 0. The Hall–Kier alpha value is -0.0100. The molecule has 0 spiro atoms. The van der Waals surface area contributed by atoms with Crippen molar-refractivity contribution in [2.45, 2.75) is 57.4 Å². The second-order valence-electron chi connectivity index (χ2n) is 5.41. The van der Waals surface area contributed by atoms with Gasteiger partial charge < -0.3 is 5.73 Å². The molecule has 3 atom stereocenters. The van der Waals surface area contributed by atoms with Crippen LogP contribution in [0, 0.1) is 11.8 Å². The Morgan fingerprint density at radius 2 is 1.80 bits per heavy atom. The normalized spacial score (nSPS) is 39.4. The summed E-state index contributed by atoms with van der Waals surface area (Å²) in [6.45, 7) is 0. The van der Waals surface area contributed by atoms with Crippen molar-refractivity contribution in [2.24, 2.45) is 17.6 Å². The Bertz CT molecular complexity index is 272. The van der Waals surface area contributed by atoms with Crippen LogP contribution in [0.15, 0.2) is 11.1 Å². The average molecular weight is 228 g/mol. The zero-order chi connectivity index (χ0) is 9.54. The van der Waals surface area contributed by atoms with Gasteiger partial charge in [0, 0.05) is 6.04 Å². The van der Waals surface area contributed by atoms with E-state index in [0.29, 0.717) is 6.04 Å². The molecule has 0 aromatic carbocycles. The van der Waals surface area contributed by atoms with Gasteiger partial charge in [0.05, 0.1) is 0 Å². The van der Waals surface area contributed by atoms with Crippen LogP contribution in [0.25, 0.3) is 0 Å². The number of rotatable bonds is 0. The fourth-order valence-corrected chi connectivity index (χ4v) is 3.95. The Morgan fingerprint density at radius 3 is 2.67 bits per heavy atom. The van der Waals surface area contributed by atoms with Crippen molar-refractivity contribution < 1.29 is 0 Å². The van der Waals surface area contributed by atoms with Crippen molar-refractivity contribution in [1.82, 2.24) is 0 Å². The van der Waals surface area contributed by atoms with E-state index in [4.69, 9.17) is 5.73 Å². The molecular weight excluding hydrogens is 206 g/mol. The number of nitrogens with two attached hydrogens (primary N) is 1. The van der Waals surface area contributed by atoms with Gasteiger partial charge in [0.1, 0.15) is 0 Å². The molecule has 2 bridgehead atoms. The van der Waals surface area contributed by atoms with Gasteiger partial charge in [-0.15, -0.1) is 12.4 Å². The van der Waals surface area contributed by atoms with Gasteiger partial charge in [-0.2, -0.15) is 0 Å². The molecule has 1 saturated carbocycles. The van der Waals surface area contributed by atoms with E-state index in [0.717, 1.165) is 11.8 Å². The van der Waals surface area contributed by atoms with Crippen LogP contribution in [-0.2, 0) is 0 Å². The first kappa shape index (κ1) is 11.5. The highest BCUT2D eigenvalue weighted by Gasteiger charge is 2.38. The first-order valence-electron chi connectivity index (χ1n) is 6.32. The smallest absolute Gasteiger partial charge is 0.0136 e. The van der Waals surface area contributed by atoms with Gasteiger partial charge in [-0.25, -0.2) is 0 Å². The fraction of sp³-hybridized carbons (Fsp3) is 0.846. The molecule has 3 aliphatic rings. The Kier molecular flexibility index (Phi) is 3.42. The van der Waals surface area contributed by atoms with E-state index in [1.165, 1.54) is 51.4 Å². The molecule has 0 aromatic heterocycles. The lowest BCUT2D eigenvalue weighted by atomic mass is 9.63. The van der Waals surface area contributed by atoms with Gasteiger partial charge >= 0.3 is 0 Å². The third-order valence-electron chi connectivity index (χ3n) is 4.68. The summed E-state index contributed by atoms with van der Waals surface area (Å²) < 4.78 is 0. The third kappa shape index (κ3) is 1.85. The minimum absolute atomic E-state index is 0. The van der Waals surface area contributed by atoms with Crippen LogP contribution in [0.5, 0.6) is 0 Å². The second kappa shape index (κ2) is 4.47. The van der Waals surface area contributed by atoms with Gasteiger partial charge in [0.15, 0.2) is 0 Å². The van der Waals surface area contributed by atoms with Crippen LogP contribution in [0.1, 0.15) is 51.4 Å². The van der Waals surface area contributed by atoms with E-state index in [9.17, 15) is 0 Å². The summed E-state index contributed by atoms with van der Waals surface area (Å²) in [5.41, 5.74) is 9.99. The van der Waals surface area contributed by atoms with Crippen LogP contribution in [-0.4, -0.2) is 6.04 Å². The van der Waals surface area contributed by atoms with Gasteiger partial charge in [0.25, 0.3) is 0 Å². The molecule has 0 saturated heterocycles. The summed E-state index contributed by atoms with van der Waals surface area (Å²) in [5.74, 6) is 1.63. The van der Waals surface area contributed by atoms with Crippen molar-refractivity contribution in [3.8, 4) is 0 Å². The van der Waals surface area contributed by atoms with E-state index in [1.54, 1.807) is 5.57 Å². The van der Waals surface area contributed by atoms with Gasteiger partial charge in [-0.1, -0.05) is 17.6 Å². The number of allylic oxidation sites excluding steroid dienone is 1. The molecule has 2 heteroatoms. The average Bonchev–Trinajstić information content (AvgIpc) is 2.18. The lowest BCUT2D eigenvalue weighted by Gasteiger charge is -2.44. The van der Waals surface area contributed by atoms with Crippen LogP contribution in [0.3, 0.4) is 0 Å². The quantitative estimate of drug-likeness (QED) is 0.631. The summed E-state index contributed by atoms with van der Waals surface area (Å²) in [7, 11) is 0. The number of fused-ring (bicyclic) bond motifs is 3. The highest BCUT2D eigenvalue weighted by Crippen LogP contribution is 2.47. The maximum atomic E-state index is 6.36. The zero-order valence-corrected chi connectivity index (χ0v) is 10.2. The van der Waals surface area contributed by atoms with Crippen molar-refractivity contribution in [3.05, 3.63) is 11.1 Å². The molecule has 0 aliphatic heterocycles. The van der Waals surface area contributed by atoms with Crippen LogP contribution >= 0.6 is 12.4 Å². The monoisotopic (exact) mass is 227 g/mol. The zero-order valence-electron chi connectivity index (χ0n) is 9.37. The maximum Gasteiger partial charge on any atom is 0.0136 e. The number of hydrogen-bond acceptors (Lipinski definition) is 1. The molecule has 3 rings (SSSR count). The van der Waals surface area contributed by atoms with E-state index in [1.807, 2.05) is 5.57 Å². The fourth-order valence-electron chi connectivity index (χ4n) is 3.95. The lowest BCUT2D eigenvalue weighted by molar-refractivity contribution is 0.213. The Labute approximate surface area is 98.9 Å². The molecule has 0 amide bonds. The molecule has 0 aromatic rings. The molecular formula is C13H22ClN.